The van der Waals surface area contributed by atoms with Crippen molar-refractivity contribution in [1.82, 2.24) is 4.98 Å². The van der Waals surface area contributed by atoms with E-state index in [-0.39, 0.29) is 11.0 Å². The highest BCUT2D eigenvalue weighted by Crippen LogP contribution is 2.23. The first-order chi connectivity index (χ1) is 12.0. The van der Waals surface area contributed by atoms with Crippen molar-refractivity contribution in [2.45, 2.75) is 25.7 Å². The average Bonchev–Trinajstić information content (AvgIpc) is 2.51. The van der Waals surface area contributed by atoms with Crippen LogP contribution in [0.4, 0.5) is 0 Å². The number of halogens is 2. The van der Waals surface area contributed by atoms with Crippen molar-refractivity contribution >= 4 is 38.8 Å². The van der Waals surface area contributed by atoms with E-state index in [0.29, 0.717) is 20.5 Å². The Morgan fingerprint density at radius 2 is 1.73 bits per heavy atom. The summed E-state index contributed by atoms with van der Waals surface area (Å²) >= 11 is 11.9. The number of benzene rings is 1. The van der Waals surface area contributed by atoms with Gasteiger partial charge in [-0.25, -0.2) is 4.21 Å². The molecule has 0 aliphatic rings. The molecule has 0 aliphatic heterocycles. The second-order valence-corrected chi connectivity index (χ2v) is 9.90. The third-order valence-electron chi connectivity index (χ3n) is 3.10. The number of rotatable bonds is 2. The molecule has 0 aliphatic carbocycles. The standard InChI is InChI=1S/C19H18Cl2N2O2S/c1-19(2,3)6-5-13-7-14(12-22-11-13)18(24)23-26(4,25)17-9-15(20)8-16(21)10-17/h7-12H,1-4H3. The summed E-state index contributed by atoms with van der Waals surface area (Å²) in [5, 5.41) is 0.650. The first kappa shape index (κ1) is 20.4. The normalized spacial score (nSPS) is 13.3. The van der Waals surface area contributed by atoms with Crippen LogP contribution in [0.1, 0.15) is 36.7 Å². The number of aromatic nitrogens is 1. The monoisotopic (exact) mass is 408 g/mol. The van der Waals surface area contributed by atoms with Gasteiger partial charge in [0.05, 0.1) is 20.2 Å². The summed E-state index contributed by atoms with van der Waals surface area (Å²) < 4.78 is 16.7. The lowest BCUT2D eigenvalue weighted by Gasteiger charge is -2.07. The Morgan fingerprint density at radius 1 is 1.12 bits per heavy atom. The molecule has 1 atom stereocenters. The molecule has 136 valence electrons. The third kappa shape index (κ3) is 5.84. The fraction of sp³-hybridized carbons (Fsp3) is 0.263. The molecule has 1 aromatic heterocycles. The third-order valence-corrected chi connectivity index (χ3v) is 5.16. The van der Waals surface area contributed by atoms with Gasteiger partial charge in [-0.15, -0.1) is 0 Å². The van der Waals surface area contributed by atoms with E-state index in [1.54, 1.807) is 12.3 Å². The van der Waals surface area contributed by atoms with E-state index in [1.165, 1.54) is 30.7 Å². The van der Waals surface area contributed by atoms with E-state index in [1.807, 2.05) is 20.8 Å². The van der Waals surface area contributed by atoms with Gasteiger partial charge in [-0.05, 0) is 45.0 Å². The van der Waals surface area contributed by atoms with Crippen LogP contribution in [-0.2, 0) is 9.73 Å². The van der Waals surface area contributed by atoms with Gasteiger partial charge in [0.25, 0.3) is 5.91 Å². The second kappa shape index (κ2) is 7.79. The van der Waals surface area contributed by atoms with Crippen molar-refractivity contribution in [2.24, 2.45) is 9.78 Å². The van der Waals surface area contributed by atoms with Crippen LogP contribution >= 0.6 is 23.2 Å². The minimum absolute atomic E-state index is 0.173. The van der Waals surface area contributed by atoms with Crippen molar-refractivity contribution in [3.8, 4) is 11.8 Å². The van der Waals surface area contributed by atoms with Crippen LogP contribution in [0, 0.1) is 17.3 Å². The molecule has 0 fully saturated rings. The summed E-state index contributed by atoms with van der Waals surface area (Å²) in [6, 6.07) is 6.06. The Balaban J connectivity index is 2.41. The zero-order valence-electron chi connectivity index (χ0n) is 14.8. The maximum Gasteiger partial charge on any atom is 0.286 e. The minimum Gasteiger partial charge on any atom is -0.266 e. The first-order valence-electron chi connectivity index (χ1n) is 7.67. The highest BCUT2D eigenvalue weighted by atomic mass is 35.5. The molecule has 2 aromatic rings. The summed E-state index contributed by atoms with van der Waals surface area (Å²) in [7, 11) is -3.01. The smallest absolute Gasteiger partial charge is 0.266 e. The quantitative estimate of drug-likeness (QED) is 0.650. The highest BCUT2D eigenvalue weighted by Gasteiger charge is 2.13. The molecule has 1 aromatic carbocycles. The summed E-state index contributed by atoms with van der Waals surface area (Å²) in [6.07, 6.45) is 4.30. The van der Waals surface area contributed by atoms with Crippen LogP contribution in [0.25, 0.3) is 0 Å². The molecule has 7 heteroatoms. The molecule has 0 radical (unpaired) electrons. The Hall–Kier alpha value is -1.87. The number of amides is 1. The predicted octanol–water partition coefficient (Wildman–Crippen LogP) is 5.08. The summed E-state index contributed by atoms with van der Waals surface area (Å²) in [5.41, 5.74) is 0.635. The Morgan fingerprint density at radius 3 is 2.31 bits per heavy atom. The van der Waals surface area contributed by atoms with Crippen LogP contribution in [0.15, 0.2) is 45.9 Å². The fourth-order valence-corrected chi connectivity index (χ4v) is 3.77. The minimum atomic E-state index is -3.01. The van der Waals surface area contributed by atoms with Crippen LogP contribution in [0.2, 0.25) is 10.0 Å². The van der Waals surface area contributed by atoms with Crippen molar-refractivity contribution in [3.05, 3.63) is 57.8 Å². The Bertz CT molecular complexity index is 1020. The maximum absolute atomic E-state index is 12.9. The molecule has 1 unspecified atom stereocenters. The van der Waals surface area contributed by atoms with Crippen molar-refractivity contribution in [2.75, 3.05) is 6.26 Å². The molecular formula is C19H18Cl2N2O2S. The molecule has 1 heterocycles. The average molecular weight is 409 g/mol. The van der Waals surface area contributed by atoms with Gasteiger partial charge in [0, 0.05) is 39.7 Å². The molecular weight excluding hydrogens is 391 g/mol. The number of pyridine rings is 1. The van der Waals surface area contributed by atoms with E-state index in [9.17, 15) is 9.00 Å². The second-order valence-electron chi connectivity index (χ2n) is 6.77. The zero-order chi connectivity index (χ0) is 19.5. The van der Waals surface area contributed by atoms with Gasteiger partial charge >= 0.3 is 0 Å². The Labute approximate surface area is 164 Å². The summed E-state index contributed by atoms with van der Waals surface area (Å²) in [4.78, 5) is 16.8. The predicted molar refractivity (Wildman–Crippen MR) is 106 cm³/mol. The lowest BCUT2D eigenvalue weighted by Crippen LogP contribution is -2.05. The van der Waals surface area contributed by atoms with Crippen LogP contribution in [0.3, 0.4) is 0 Å². The fourth-order valence-electron chi connectivity index (χ4n) is 1.90. The molecule has 1 amide bonds. The van der Waals surface area contributed by atoms with Gasteiger partial charge in [-0.3, -0.25) is 9.78 Å². The molecule has 2 rings (SSSR count). The molecule has 0 spiro atoms. The number of carbonyl (C=O) groups excluding carboxylic acids is 1. The number of carbonyl (C=O) groups is 1. The van der Waals surface area contributed by atoms with Crippen molar-refractivity contribution in [1.29, 1.82) is 0 Å². The van der Waals surface area contributed by atoms with E-state index in [0.717, 1.165) is 0 Å². The van der Waals surface area contributed by atoms with E-state index in [4.69, 9.17) is 23.2 Å². The van der Waals surface area contributed by atoms with Crippen LogP contribution in [-0.4, -0.2) is 21.4 Å². The molecule has 0 bridgehead atoms. The molecule has 4 nitrogen and oxygen atoms in total. The van der Waals surface area contributed by atoms with Gasteiger partial charge in [0.1, 0.15) is 0 Å². The Kier molecular flexibility index (Phi) is 6.13. The topological polar surface area (TPSA) is 59.4 Å². The highest BCUT2D eigenvalue weighted by molar-refractivity contribution is 7.93. The number of hydrogen-bond acceptors (Lipinski definition) is 3. The summed E-state index contributed by atoms with van der Waals surface area (Å²) in [6.45, 7) is 5.96. The number of hydrogen-bond donors (Lipinski definition) is 0. The van der Waals surface area contributed by atoms with Gasteiger partial charge in [-0.1, -0.05) is 35.0 Å². The van der Waals surface area contributed by atoms with Gasteiger partial charge in [-0.2, -0.15) is 4.36 Å². The van der Waals surface area contributed by atoms with Gasteiger partial charge in [0.2, 0.25) is 0 Å². The van der Waals surface area contributed by atoms with Crippen molar-refractivity contribution in [3.63, 3.8) is 0 Å². The molecule has 0 saturated carbocycles. The van der Waals surface area contributed by atoms with Crippen molar-refractivity contribution < 1.29 is 9.00 Å². The first-order valence-corrected chi connectivity index (χ1v) is 10.3. The van der Waals surface area contributed by atoms with Crippen LogP contribution < -0.4 is 0 Å². The molecule has 26 heavy (non-hydrogen) atoms. The van der Waals surface area contributed by atoms with E-state index in [2.05, 4.69) is 21.2 Å². The lowest BCUT2D eigenvalue weighted by molar-refractivity contribution is 0.100. The van der Waals surface area contributed by atoms with Gasteiger partial charge < -0.3 is 0 Å². The van der Waals surface area contributed by atoms with E-state index < -0.39 is 15.6 Å². The number of nitrogens with zero attached hydrogens (tertiary/aromatic N) is 2. The van der Waals surface area contributed by atoms with E-state index >= 15 is 0 Å². The SMILES string of the molecule is CC(C)(C)C#Cc1cncc(C(=O)N=S(C)(=O)c2cc(Cl)cc(Cl)c2)c1. The van der Waals surface area contributed by atoms with Gasteiger partial charge in [0.15, 0.2) is 0 Å². The molecule has 0 saturated heterocycles. The largest absolute Gasteiger partial charge is 0.286 e. The zero-order valence-corrected chi connectivity index (χ0v) is 17.2. The maximum atomic E-state index is 12.9. The lowest BCUT2D eigenvalue weighted by atomic mass is 9.97. The summed E-state index contributed by atoms with van der Waals surface area (Å²) in [5.74, 6) is 5.41. The van der Waals surface area contributed by atoms with Crippen LogP contribution in [0.5, 0.6) is 0 Å². The molecule has 0 N–H and O–H groups in total.